The number of ether oxygens (including phenoxy) is 1. The fourth-order valence-electron chi connectivity index (χ4n) is 5.48. The second kappa shape index (κ2) is 10.9. The van der Waals surface area contributed by atoms with Crippen LogP contribution in [0.3, 0.4) is 0 Å². The van der Waals surface area contributed by atoms with Crippen LogP contribution in [-0.2, 0) is 0 Å². The summed E-state index contributed by atoms with van der Waals surface area (Å²) in [5.74, 6) is 0.887. The van der Waals surface area contributed by atoms with E-state index in [0.717, 1.165) is 61.3 Å². The number of thiophene rings is 1. The summed E-state index contributed by atoms with van der Waals surface area (Å²) in [4.78, 5) is 19.3. The Bertz CT molecular complexity index is 1740. The first-order valence-electron chi connectivity index (χ1n) is 13.3. The summed E-state index contributed by atoms with van der Waals surface area (Å²) >= 11 is 14.1. The third-order valence-corrected chi connectivity index (χ3v) is 8.90. The molecule has 202 valence electrons. The van der Waals surface area contributed by atoms with E-state index in [-0.39, 0.29) is 17.9 Å². The molecule has 0 spiro atoms. The van der Waals surface area contributed by atoms with E-state index in [1.54, 1.807) is 6.07 Å². The van der Waals surface area contributed by atoms with Crippen molar-refractivity contribution in [1.82, 2.24) is 10.3 Å². The Kier molecular flexibility index (Phi) is 7.30. The molecule has 1 unspecified atom stereocenters. The third kappa shape index (κ3) is 5.10. The van der Waals surface area contributed by atoms with Gasteiger partial charge in [-0.25, -0.2) is 0 Å². The van der Waals surface area contributed by atoms with Crippen LogP contribution in [0, 0.1) is 6.92 Å². The summed E-state index contributed by atoms with van der Waals surface area (Å²) in [6.45, 7) is 6.88. The van der Waals surface area contributed by atoms with Crippen molar-refractivity contribution in [2.75, 3.05) is 6.61 Å². The Morgan fingerprint density at radius 1 is 1.00 bits per heavy atom. The van der Waals surface area contributed by atoms with E-state index in [4.69, 9.17) is 32.9 Å². The highest BCUT2D eigenvalue weighted by Gasteiger charge is 2.28. The second-order valence-corrected chi connectivity index (χ2v) is 12.4. The topological polar surface area (TPSA) is 51.2 Å². The monoisotopic (exact) mass is 586 g/mol. The zero-order valence-electron chi connectivity index (χ0n) is 22.4. The molecule has 0 aliphatic carbocycles. The van der Waals surface area contributed by atoms with Crippen LogP contribution in [0.4, 0.5) is 0 Å². The molecular formula is C33H28Cl2N2O2S. The number of benzene rings is 3. The van der Waals surface area contributed by atoms with Crippen molar-refractivity contribution in [3.8, 4) is 28.0 Å². The van der Waals surface area contributed by atoms with E-state index in [1.165, 1.54) is 11.3 Å². The van der Waals surface area contributed by atoms with E-state index >= 15 is 0 Å². The minimum atomic E-state index is -0.0982. The molecule has 1 aliphatic rings. The summed E-state index contributed by atoms with van der Waals surface area (Å²) in [6.07, 6.45) is 2.57. The highest BCUT2D eigenvalue weighted by Crippen LogP contribution is 2.42. The number of aromatic nitrogens is 1. The Hall–Kier alpha value is -3.38. The van der Waals surface area contributed by atoms with Crippen molar-refractivity contribution in [2.45, 2.75) is 39.2 Å². The standard InChI is InChI=1S/C33H28Cl2N2O2S/c1-18(2)29-30-31(40-32(29)33(38)37-27-9-11-39-28-7-5-4-6-26(27)28)25(8-10-36-30)22-13-19(3)12-20(14-22)21-15-23(34)17-24(35)16-21/h4-8,10,12-18,27H,9,11H2,1-3H3,(H,37,38). The first-order chi connectivity index (χ1) is 19.3. The molecule has 3 aromatic carbocycles. The van der Waals surface area contributed by atoms with Crippen LogP contribution >= 0.6 is 34.5 Å². The van der Waals surface area contributed by atoms with Gasteiger partial charge in [-0.2, -0.15) is 0 Å². The normalized spacial score (nSPS) is 14.7. The fraction of sp³-hybridized carbons (Fsp3) is 0.212. The van der Waals surface area contributed by atoms with Crippen molar-refractivity contribution in [3.63, 3.8) is 0 Å². The summed E-state index contributed by atoms with van der Waals surface area (Å²) < 4.78 is 6.81. The van der Waals surface area contributed by atoms with Gasteiger partial charge in [-0.15, -0.1) is 11.3 Å². The van der Waals surface area contributed by atoms with Gasteiger partial charge in [0.15, 0.2) is 0 Å². The molecule has 6 rings (SSSR count). The van der Waals surface area contributed by atoms with Crippen LogP contribution in [0.1, 0.15) is 58.6 Å². The van der Waals surface area contributed by atoms with Crippen molar-refractivity contribution in [2.24, 2.45) is 0 Å². The van der Waals surface area contributed by atoms with Gasteiger partial charge in [-0.05, 0) is 71.5 Å². The molecule has 1 amide bonds. The maximum Gasteiger partial charge on any atom is 0.262 e. The molecule has 0 radical (unpaired) electrons. The zero-order chi connectivity index (χ0) is 28.0. The van der Waals surface area contributed by atoms with Gasteiger partial charge < -0.3 is 10.1 Å². The lowest BCUT2D eigenvalue weighted by atomic mass is 9.95. The molecule has 0 saturated heterocycles. The van der Waals surface area contributed by atoms with Gasteiger partial charge in [0.05, 0.1) is 27.7 Å². The third-order valence-electron chi connectivity index (χ3n) is 7.24. The molecule has 1 aliphatic heterocycles. The number of pyridine rings is 1. The number of halogens is 2. The SMILES string of the molecule is Cc1cc(-c2cc(Cl)cc(Cl)c2)cc(-c2ccnc3c(C(C)C)c(C(=O)NC4CCOc5ccccc54)sc23)c1. The largest absolute Gasteiger partial charge is 0.493 e. The molecule has 3 heterocycles. The molecule has 0 saturated carbocycles. The number of hydrogen-bond donors (Lipinski definition) is 1. The van der Waals surface area contributed by atoms with Gasteiger partial charge in [-0.3, -0.25) is 9.78 Å². The van der Waals surface area contributed by atoms with Gasteiger partial charge in [-0.1, -0.05) is 67.4 Å². The van der Waals surface area contributed by atoms with Crippen LogP contribution < -0.4 is 10.1 Å². The highest BCUT2D eigenvalue weighted by atomic mass is 35.5. The van der Waals surface area contributed by atoms with Crippen LogP contribution in [0.2, 0.25) is 10.0 Å². The van der Waals surface area contributed by atoms with Crippen LogP contribution in [0.5, 0.6) is 5.75 Å². The highest BCUT2D eigenvalue weighted by molar-refractivity contribution is 7.21. The summed E-state index contributed by atoms with van der Waals surface area (Å²) in [5, 5.41) is 4.49. The molecule has 2 aromatic heterocycles. The maximum atomic E-state index is 13.8. The van der Waals surface area contributed by atoms with Crippen LogP contribution in [-0.4, -0.2) is 17.5 Å². The van der Waals surface area contributed by atoms with Crippen molar-refractivity contribution >= 4 is 50.7 Å². The van der Waals surface area contributed by atoms with Gasteiger partial charge in [0.1, 0.15) is 5.75 Å². The molecule has 1 atom stereocenters. The number of aryl methyl sites for hydroxylation is 1. The molecule has 1 N–H and O–H groups in total. The van der Waals surface area contributed by atoms with Crippen LogP contribution in [0.15, 0.2) is 72.9 Å². The molecule has 40 heavy (non-hydrogen) atoms. The minimum Gasteiger partial charge on any atom is -0.493 e. The number of amides is 1. The number of fused-ring (bicyclic) bond motifs is 2. The number of nitrogens with one attached hydrogen (secondary N) is 1. The molecule has 0 bridgehead atoms. The van der Waals surface area contributed by atoms with E-state index in [0.29, 0.717) is 21.5 Å². The van der Waals surface area contributed by atoms with Crippen molar-refractivity contribution in [1.29, 1.82) is 0 Å². The van der Waals surface area contributed by atoms with Gasteiger partial charge in [0.2, 0.25) is 0 Å². The molecule has 0 fully saturated rings. The van der Waals surface area contributed by atoms with Crippen molar-refractivity contribution < 1.29 is 9.53 Å². The lowest BCUT2D eigenvalue weighted by Crippen LogP contribution is -2.32. The Morgan fingerprint density at radius 2 is 1.73 bits per heavy atom. The maximum absolute atomic E-state index is 13.8. The van der Waals surface area contributed by atoms with Gasteiger partial charge >= 0.3 is 0 Å². The molecule has 4 nitrogen and oxygen atoms in total. The average molecular weight is 588 g/mol. The number of hydrogen-bond acceptors (Lipinski definition) is 4. The number of nitrogens with zero attached hydrogens (tertiary/aromatic N) is 1. The number of rotatable bonds is 5. The first kappa shape index (κ1) is 26.8. The minimum absolute atomic E-state index is 0.0714. The summed E-state index contributed by atoms with van der Waals surface area (Å²) in [7, 11) is 0. The van der Waals surface area contributed by atoms with E-state index in [2.05, 4.69) is 44.3 Å². The number of carbonyl (C=O) groups is 1. The quantitative estimate of drug-likeness (QED) is 0.223. The lowest BCUT2D eigenvalue weighted by Gasteiger charge is -2.26. The van der Waals surface area contributed by atoms with Crippen LogP contribution in [0.25, 0.3) is 32.5 Å². The predicted molar refractivity (Wildman–Crippen MR) is 166 cm³/mol. The zero-order valence-corrected chi connectivity index (χ0v) is 24.8. The molecular weight excluding hydrogens is 559 g/mol. The predicted octanol–water partition coefficient (Wildman–Crippen LogP) is 9.62. The fourth-order valence-corrected chi connectivity index (χ4v) is 7.36. The Labute approximate surface area is 247 Å². The van der Waals surface area contributed by atoms with Gasteiger partial charge in [0.25, 0.3) is 5.91 Å². The van der Waals surface area contributed by atoms with Gasteiger partial charge in [0, 0.05) is 39.4 Å². The Balaban J connectivity index is 1.44. The smallest absolute Gasteiger partial charge is 0.262 e. The number of carbonyl (C=O) groups excluding carboxylic acids is 1. The van der Waals surface area contributed by atoms with Crippen molar-refractivity contribution in [3.05, 3.63) is 105 Å². The second-order valence-electron chi connectivity index (χ2n) is 10.5. The summed E-state index contributed by atoms with van der Waals surface area (Å²) in [6, 6.07) is 21.9. The number of para-hydroxylation sites is 1. The van der Waals surface area contributed by atoms with E-state index in [1.807, 2.05) is 48.7 Å². The molecule has 7 heteroatoms. The Morgan fingerprint density at radius 3 is 2.50 bits per heavy atom. The van der Waals surface area contributed by atoms with E-state index in [9.17, 15) is 4.79 Å². The van der Waals surface area contributed by atoms with E-state index < -0.39 is 0 Å². The summed E-state index contributed by atoms with van der Waals surface area (Å²) in [5.41, 5.74) is 8.08. The molecule has 5 aromatic rings. The lowest BCUT2D eigenvalue weighted by molar-refractivity contribution is 0.0928. The average Bonchev–Trinajstić information content (AvgIpc) is 3.33. The first-order valence-corrected chi connectivity index (χ1v) is 14.9.